The Hall–Kier alpha value is -3.11. The normalized spacial score (nSPS) is 10.7. The van der Waals surface area contributed by atoms with Crippen molar-refractivity contribution in [3.63, 3.8) is 0 Å². The maximum atomic E-state index is 12.7. The number of nitrogens with one attached hydrogen (secondary N) is 1. The van der Waals surface area contributed by atoms with Crippen LogP contribution >= 0.6 is 23.1 Å². The second-order valence-electron chi connectivity index (χ2n) is 7.45. The van der Waals surface area contributed by atoms with Crippen LogP contribution in [0.25, 0.3) is 0 Å². The Labute approximate surface area is 207 Å². The summed E-state index contributed by atoms with van der Waals surface area (Å²) in [6, 6.07) is 7.77. The van der Waals surface area contributed by atoms with Gasteiger partial charge in [-0.15, -0.1) is 28.1 Å². The number of hydrogen-bond acceptors (Lipinski definition) is 8. The summed E-state index contributed by atoms with van der Waals surface area (Å²) >= 11 is 2.62. The summed E-state index contributed by atoms with van der Waals surface area (Å²) in [5.41, 5.74) is 2.33. The van der Waals surface area contributed by atoms with E-state index in [9.17, 15) is 9.59 Å². The fourth-order valence-corrected chi connectivity index (χ4v) is 4.99. The maximum Gasteiger partial charge on any atom is 0.341 e. The summed E-state index contributed by atoms with van der Waals surface area (Å²) in [7, 11) is 0. The van der Waals surface area contributed by atoms with Crippen LogP contribution in [-0.4, -0.2) is 39.0 Å². The van der Waals surface area contributed by atoms with Gasteiger partial charge in [-0.05, 0) is 51.0 Å². The highest BCUT2D eigenvalue weighted by Gasteiger charge is 2.22. The predicted molar refractivity (Wildman–Crippen MR) is 135 cm³/mol. The van der Waals surface area contributed by atoms with Crippen molar-refractivity contribution in [2.45, 2.75) is 46.0 Å². The smallest absolute Gasteiger partial charge is 0.341 e. The number of anilines is 1. The lowest BCUT2D eigenvalue weighted by atomic mass is 10.1. The van der Waals surface area contributed by atoms with E-state index in [0.29, 0.717) is 28.1 Å². The Morgan fingerprint density at radius 2 is 2.06 bits per heavy atom. The molecule has 0 saturated heterocycles. The first-order valence-electron chi connectivity index (χ1n) is 10.8. The molecule has 0 spiro atoms. The van der Waals surface area contributed by atoms with Crippen LogP contribution in [0.5, 0.6) is 5.75 Å². The molecule has 0 bridgehead atoms. The second-order valence-corrected chi connectivity index (χ2v) is 9.62. The van der Waals surface area contributed by atoms with E-state index < -0.39 is 5.97 Å². The van der Waals surface area contributed by atoms with Gasteiger partial charge >= 0.3 is 5.97 Å². The van der Waals surface area contributed by atoms with Gasteiger partial charge in [-0.25, -0.2) is 4.79 Å². The Kier molecular flexibility index (Phi) is 8.89. The monoisotopic (exact) mass is 500 g/mol. The molecule has 2 aromatic heterocycles. The SMILES string of the molecule is C=CCn1c(COc2cccc(C)c2)nnc1SCC(=O)Nc1sc(C)c(C)c1C(=O)OCC. The second kappa shape index (κ2) is 11.8. The van der Waals surface area contributed by atoms with Gasteiger partial charge in [0, 0.05) is 11.4 Å². The van der Waals surface area contributed by atoms with E-state index in [4.69, 9.17) is 9.47 Å². The van der Waals surface area contributed by atoms with Gasteiger partial charge in [0.25, 0.3) is 0 Å². The number of thioether (sulfide) groups is 1. The van der Waals surface area contributed by atoms with E-state index in [-0.39, 0.29) is 24.9 Å². The van der Waals surface area contributed by atoms with E-state index in [2.05, 4.69) is 22.1 Å². The van der Waals surface area contributed by atoms with Gasteiger partial charge in [-0.2, -0.15) is 0 Å². The highest BCUT2D eigenvalue weighted by atomic mass is 32.2. The number of ether oxygens (including phenoxy) is 2. The molecule has 0 radical (unpaired) electrons. The van der Waals surface area contributed by atoms with Gasteiger partial charge in [0.2, 0.25) is 5.91 Å². The van der Waals surface area contributed by atoms with Gasteiger partial charge < -0.3 is 14.8 Å². The van der Waals surface area contributed by atoms with Crippen molar-refractivity contribution in [2.75, 3.05) is 17.7 Å². The zero-order chi connectivity index (χ0) is 24.7. The van der Waals surface area contributed by atoms with Gasteiger partial charge in [-0.1, -0.05) is 30.0 Å². The Balaban J connectivity index is 1.66. The van der Waals surface area contributed by atoms with E-state index in [1.807, 2.05) is 49.6 Å². The molecule has 34 heavy (non-hydrogen) atoms. The lowest BCUT2D eigenvalue weighted by Gasteiger charge is -2.10. The molecule has 0 aliphatic rings. The van der Waals surface area contributed by atoms with Crippen molar-refractivity contribution in [1.29, 1.82) is 0 Å². The van der Waals surface area contributed by atoms with Crippen LogP contribution in [0.2, 0.25) is 0 Å². The number of aromatic nitrogens is 3. The fourth-order valence-electron chi connectivity index (χ4n) is 3.15. The molecule has 10 heteroatoms. The Bertz CT molecular complexity index is 1190. The molecule has 180 valence electrons. The average molecular weight is 501 g/mol. The van der Waals surface area contributed by atoms with Gasteiger partial charge in [-0.3, -0.25) is 9.36 Å². The van der Waals surface area contributed by atoms with Crippen molar-refractivity contribution >= 4 is 40.0 Å². The molecule has 8 nitrogen and oxygen atoms in total. The minimum atomic E-state index is -0.434. The molecule has 0 saturated carbocycles. The molecule has 3 rings (SSSR count). The molecule has 1 amide bonds. The van der Waals surface area contributed by atoms with Gasteiger partial charge in [0.1, 0.15) is 17.4 Å². The zero-order valence-corrected chi connectivity index (χ0v) is 21.3. The molecule has 2 heterocycles. The molecule has 0 atom stereocenters. The number of aryl methyl sites for hydroxylation is 2. The number of amides is 1. The first-order chi connectivity index (χ1) is 16.3. The van der Waals surface area contributed by atoms with Crippen LogP contribution < -0.4 is 10.1 Å². The largest absolute Gasteiger partial charge is 0.486 e. The topological polar surface area (TPSA) is 95.3 Å². The minimum Gasteiger partial charge on any atom is -0.486 e. The van der Waals surface area contributed by atoms with Crippen LogP contribution in [0.1, 0.15) is 39.1 Å². The van der Waals surface area contributed by atoms with Crippen LogP contribution in [0.15, 0.2) is 42.1 Å². The Morgan fingerprint density at radius 3 is 2.76 bits per heavy atom. The van der Waals surface area contributed by atoms with E-state index in [1.54, 1.807) is 13.0 Å². The highest BCUT2D eigenvalue weighted by Crippen LogP contribution is 2.33. The molecule has 0 aliphatic heterocycles. The zero-order valence-electron chi connectivity index (χ0n) is 19.7. The average Bonchev–Trinajstić information content (AvgIpc) is 3.30. The van der Waals surface area contributed by atoms with E-state index in [0.717, 1.165) is 21.8 Å². The maximum absolute atomic E-state index is 12.7. The third-order valence-corrected chi connectivity index (χ3v) is 7.00. The van der Waals surface area contributed by atoms with Gasteiger partial charge in [0.15, 0.2) is 11.0 Å². The first-order valence-corrected chi connectivity index (χ1v) is 12.6. The number of esters is 1. The quantitative estimate of drug-likeness (QED) is 0.226. The first kappa shape index (κ1) is 25.5. The number of nitrogens with zero attached hydrogens (tertiary/aromatic N) is 3. The molecule has 1 N–H and O–H groups in total. The fraction of sp³-hybridized carbons (Fsp3) is 0.333. The predicted octanol–water partition coefficient (Wildman–Crippen LogP) is 4.94. The van der Waals surface area contributed by atoms with Crippen molar-refractivity contribution in [3.8, 4) is 5.75 Å². The summed E-state index contributed by atoms with van der Waals surface area (Å²) in [5, 5.41) is 12.4. The number of carbonyl (C=O) groups excluding carboxylic acids is 2. The number of allylic oxidation sites excluding steroid dienone is 1. The lowest BCUT2D eigenvalue weighted by molar-refractivity contribution is -0.113. The van der Waals surface area contributed by atoms with Crippen molar-refractivity contribution in [1.82, 2.24) is 14.8 Å². The van der Waals surface area contributed by atoms with E-state index in [1.165, 1.54) is 23.1 Å². The minimum absolute atomic E-state index is 0.103. The van der Waals surface area contributed by atoms with Crippen molar-refractivity contribution < 1.29 is 19.1 Å². The summed E-state index contributed by atoms with van der Waals surface area (Å²) in [5.74, 6) is 0.810. The standard InChI is InChI=1S/C24H28N4O4S2/c1-6-11-28-19(13-32-18-10-8-9-15(3)12-18)26-27-24(28)33-14-20(29)25-22-21(23(30)31-7-2)16(4)17(5)34-22/h6,8-10,12H,1,7,11,13-14H2,2-5H3,(H,25,29). The molecular weight excluding hydrogens is 472 g/mol. The van der Waals surface area contributed by atoms with Crippen LogP contribution in [-0.2, 0) is 22.7 Å². The number of rotatable bonds is 11. The molecule has 3 aromatic rings. The van der Waals surface area contributed by atoms with Crippen LogP contribution in [0.4, 0.5) is 5.00 Å². The summed E-state index contributed by atoms with van der Waals surface area (Å²) in [6.07, 6.45) is 1.74. The molecule has 0 unspecified atom stereocenters. The van der Waals surface area contributed by atoms with Crippen LogP contribution in [0.3, 0.4) is 0 Å². The third kappa shape index (κ3) is 6.27. The molecular formula is C24H28N4O4S2. The molecule has 0 fully saturated rings. The summed E-state index contributed by atoms with van der Waals surface area (Å²) in [6.45, 7) is 12.3. The van der Waals surface area contributed by atoms with Crippen molar-refractivity contribution in [2.24, 2.45) is 0 Å². The number of benzene rings is 1. The number of hydrogen-bond donors (Lipinski definition) is 1. The molecule has 1 aromatic carbocycles. The van der Waals surface area contributed by atoms with Crippen LogP contribution in [0, 0.1) is 20.8 Å². The lowest BCUT2D eigenvalue weighted by Crippen LogP contribution is -2.17. The summed E-state index contributed by atoms with van der Waals surface area (Å²) in [4.78, 5) is 26.0. The Morgan fingerprint density at radius 1 is 1.26 bits per heavy atom. The molecule has 0 aliphatic carbocycles. The van der Waals surface area contributed by atoms with E-state index >= 15 is 0 Å². The highest BCUT2D eigenvalue weighted by molar-refractivity contribution is 7.99. The number of carbonyl (C=O) groups is 2. The summed E-state index contributed by atoms with van der Waals surface area (Å²) < 4.78 is 12.9. The van der Waals surface area contributed by atoms with Crippen molar-refractivity contribution in [3.05, 3.63) is 64.3 Å². The number of thiophene rings is 1. The third-order valence-electron chi connectivity index (χ3n) is 4.91. The van der Waals surface area contributed by atoms with Gasteiger partial charge in [0.05, 0.1) is 17.9 Å².